The van der Waals surface area contributed by atoms with Crippen LogP contribution in [0.1, 0.15) is 26.7 Å². The van der Waals surface area contributed by atoms with Crippen molar-refractivity contribution in [3.05, 3.63) is 22.7 Å². The van der Waals surface area contributed by atoms with Crippen LogP contribution >= 0.6 is 0 Å². The highest BCUT2D eigenvalue weighted by Crippen LogP contribution is 2.51. The first-order valence-corrected chi connectivity index (χ1v) is 5.41. The molecule has 0 aliphatic heterocycles. The van der Waals surface area contributed by atoms with Crippen molar-refractivity contribution in [2.24, 2.45) is 11.3 Å². The molecule has 4 nitrogen and oxygen atoms in total. The van der Waals surface area contributed by atoms with Gasteiger partial charge in [-0.1, -0.05) is 13.8 Å². The molecule has 15 heavy (non-hydrogen) atoms. The quantitative estimate of drug-likeness (QED) is 0.788. The lowest BCUT2D eigenvalue weighted by atomic mass is 9.92. The van der Waals surface area contributed by atoms with E-state index in [1.807, 2.05) is 0 Å². The minimum Gasteiger partial charge on any atom is -0.369 e. The van der Waals surface area contributed by atoms with Crippen LogP contribution in [0.3, 0.4) is 0 Å². The Morgan fingerprint density at radius 2 is 2.33 bits per heavy atom. The molecule has 0 radical (unpaired) electrons. The van der Waals surface area contributed by atoms with Crippen LogP contribution in [0.4, 0.5) is 5.82 Å². The number of H-pyrrole nitrogens is 1. The van der Waals surface area contributed by atoms with Gasteiger partial charge in [0.15, 0.2) is 0 Å². The molecule has 2 N–H and O–H groups in total. The van der Waals surface area contributed by atoms with E-state index in [0.717, 1.165) is 6.54 Å². The number of nitrogens with zero attached hydrogens (tertiary/aromatic N) is 1. The fraction of sp³-hybridized carbons (Fsp3) is 0.636. The predicted molar refractivity (Wildman–Crippen MR) is 59.9 cm³/mol. The standard InChI is InChI=1S/C11H17N3O/c1-8(2)11(3-4-11)6-12-9-5-10(15)14-7-13-9/h5,7-8H,3-4,6H2,1-2H3,(H2,12,13,14,15). The fourth-order valence-corrected chi connectivity index (χ4v) is 1.85. The molecule has 0 unspecified atom stereocenters. The lowest BCUT2D eigenvalue weighted by molar-refractivity contribution is 0.380. The van der Waals surface area contributed by atoms with Crippen LogP contribution in [0, 0.1) is 11.3 Å². The molecule has 4 heteroatoms. The number of nitrogens with one attached hydrogen (secondary N) is 2. The Hall–Kier alpha value is -1.32. The maximum Gasteiger partial charge on any atom is 0.252 e. The highest BCUT2D eigenvalue weighted by Gasteiger charge is 2.44. The normalized spacial score (nSPS) is 17.8. The van der Waals surface area contributed by atoms with E-state index in [-0.39, 0.29) is 5.56 Å². The van der Waals surface area contributed by atoms with E-state index < -0.39 is 0 Å². The fourth-order valence-electron chi connectivity index (χ4n) is 1.85. The van der Waals surface area contributed by atoms with Gasteiger partial charge in [-0.05, 0) is 24.2 Å². The lowest BCUT2D eigenvalue weighted by Crippen LogP contribution is -2.22. The Morgan fingerprint density at radius 1 is 1.60 bits per heavy atom. The molecular weight excluding hydrogens is 190 g/mol. The molecule has 1 heterocycles. The summed E-state index contributed by atoms with van der Waals surface area (Å²) in [6, 6.07) is 1.50. The van der Waals surface area contributed by atoms with Gasteiger partial charge in [-0.15, -0.1) is 0 Å². The van der Waals surface area contributed by atoms with E-state index in [4.69, 9.17) is 0 Å². The summed E-state index contributed by atoms with van der Waals surface area (Å²) in [6.45, 7) is 5.42. The molecule has 1 aromatic rings. The van der Waals surface area contributed by atoms with Crippen molar-refractivity contribution >= 4 is 5.82 Å². The van der Waals surface area contributed by atoms with Crippen molar-refractivity contribution in [3.63, 3.8) is 0 Å². The van der Waals surface area contributed by atoms with Gasteiger partial charge in [0.05, 0.1) is 6.33 Å². The summed E-state index contributed by atoms with van der Waals surface area (Å²) in [6.07, 6.45) is 3.99. The number of hydrogen-bond donors (Lipinski definition) is 2. The average molecular weight is 207 g/mol. The highest BCUT2D eigenvalue weighted by molar-refractivity contribution is 5.32. The first-order chi connectivity index (χ1) is 7.12. The predicted octanol–water partition coefficient (Wildman–Crippen LogP) is 1.62. The third-order valence-electron chi connectivity index (χ3n) is 3.42. The van der Waals surface area contributed by atoms with E-state index in [1.165, 1.54) is 25.2 Å². The molecule has 0 aromatic carbocycles. The number of rotatable bonds is 4. The van der Waals surface area contributed by atoms with Crippen molar-refractivity contribution in [2.75, 3.05) is 11.9 Å². The van der Waals surface area contributed by atoms with E-state index in [9.17, 15) is 4.79 Å². The second-order valence-corrected chi connectivity index (χ2v) is 4.67. The van der Waals surface area contributed by atoms with Gasteiger partial charge < -0.3 is 10.3 Å². The van der Waals surface area contributed by atoms with Gasteiger partial charge >= 0.3 is 0 Å². The summed E-state index contributed by atoms with van der Waals surface area (Å²) >= 11 is 0. The van der Waals surface area contributed by atoms with Crippen molar-refractivity contribution in [1.29, 1.82) is 0 Å². The smallest absolute Gasteiger partial charge is 0.252 e. The zero-order valence-electron chi connectivity index (χ0n) is 9.21. The molecule has 2 rings (SSSR count). The largest absolute Gasteiger partial charge is 0.369 e. The van der Waals surface area contributed by atoms with Gasteiger partial charge in [0.25, 0.3) is 5.56 Å². The third-order valence-corrected chi connectivity index (χ3v) is 3.42. The third kappa shape index (κ3) is 2.19. The summed E-state index contributed by atoms with van der Waals surface area (Å²) in [4.78, 5) is 17.6. The summed E-state index contributed by atoms with van der Waals surface area (Å²) in [7, 11) is 0. The van der Waals surface area contributed by atoms with Gasteiger partial charge in [-0.3, -0.25) is 4.79 Å². The molecule has 1 aliphatic rings. The lowest BCUT2D eigenvalue weighted by Gasteiger charge is -2.20. The Balaban J connectivity index is 1.97. The van der Waals surface area contributed by atoms with E-state index in [2.05, 4.69) is 29.1 Å². The number of aromatic amines is 1. The van der Waals surface area contributed by atoms with Gasteiger partial charge in [0, 0.05) is 12.6 Å². The highest BCUT2D eigenvalue weighted by atomic mass is 16.1. The SMILES string of the molecule is CC(C)C1(CNc2cc(=O)[nH]cn2)CC1. The molecule has 1 saturated carbocycles. The van der Waals surface area contributed by atoms with Crippen molar-refractivity contribution in [3.8, 4) is 0 Å². The molecule has 0 amide bonds. The molecule has 82 valence electrons. The monoisotopic (exact) mass is 207 g/mol. The second-order valence-electron chi connectivity index (χ2n) is 4.67. The van der Waals surface area contributed by atoms with Crippen LogP contribution in [0.25, 0.3) is 0 Å². The van der Waals surface area contributed by atoms with Crippen molar-refractivity contribution < 1.29 is 0 Å². The first-order valence-electron chi connectivity index (χ1n) is 5.41. The van der Waals surface area contributed by atoms with E-state index >= 15 is 0 Å². The molecule has 1 aliphatic carbocycles. The van der Waals surface area contributed by atoms with Crippen LogP contribution in [0.5, 0.6) is 0 Å². The van der Waals surface area contributed by atoms with Gasteiger partial charge in [-0.25, -0.2) is 4.98 Å². The van der Waals surface area contributed by atoms with Crippen LogP contribution < -0.4 is 10.9 Å². The molecule has 0 spiro atoms. The molecule has 0 atom stereocenters. The van der Waals surface area contributed by atoms with Crippen LogP contribution in [-0.2, 0) is 0 Å². The average Bonchev–Trinajstić information content (AvgIpc) is 2.96. The number of anilines is 1. The van der Waals surface area contributed by atoms with Crippen LogP contribution in [-0.4, -0.2) is 16.5 Å². The van der Waals surface area contributed by atoms with E-state index in [1.54, 1.807) is 0 Å². The molecule has 1 fully saturated rings. The second kappa shape index (κ2) is 3.68. The zero-order valence-corrected chi connectivity index (χ0v) is 9.21. The molecule has 1 aromatic heterocycles. The Labute approximate surface area is 89.1 Å². The van der Waals surface area contributed by atoms with E-state index in [0.29, 0.717) is 17.2 Å². The Bertz CT molecular complexity index is 393. The van der Waals surface area contributed by atoms with Crippen molar-refractivity contribution in [1.82, 2.24) is 9.97 Å². The summed E-state index contributed by atoms with van der Waals surface area (Å²) in [5.41, 5.74) is 0.325. The minimum absolute atomic E-state index is 0.109. The van der Waals surface area contributed by atoms with Gasteiger partial charge in [0.1, 0.15) is 5.82 Å². The zero-order chi connectivity index (χ0) is 10.9. The summed E-state index contributed by atoms with van der Waals surface area (Å²) in [5.74, 6) is 1.36. The topological polar surface area (TPSA) is 57.8 Å². The summed E-state index contributed by atoms with van der Waals surface area (Å²) in [5, 5.41) is 3.24. The molecule has 0 saturated heterocycles. The van der Waals surface area contributed by atoms with Gasteiger partial charge in [-0.2, -0.15) is 0 Å². The Morgan fingerprint density at radius 3 is 2.87 bits per heavy atom. The first kappa shape index (κ1) is 10.2. The minimum atomic E-state index is -0.109. The van der Waals surface area contributed by atoms with Gasteiger partial charge in [0.2, 0.25) is 0 Å². The molecule has 0 bridgehead atoms. The Kier molecular flexibility index (Phi) is 2.50. The maximum atomic E-state index is 11.0. The maximum absolute atomic E-state index is 11.0. The number of aromatic nitrogens is 2. The number of hydrogen-bond acceptors (Lipinski definition) is 3. The van der Waals surface area contributed by atoms with Crippen LogP contribution in [0.15, 0.2) is 17.2 Å². The summed E-state index contributed by atoms with van der Waals surface area (Å²) < 4.78 is 0. The molecular formula is C11H17N3O. The van der Waals surface area contributed by atoms with Crippen molar-refractivity contribution in [2.45, 2.75) is 26.7 Å². The van der Waals surface area contributed by atoms with Crippen LogP contribution in [0.2, 0.25) is 0 Å².